The average molecular weight is 165 g/mol. The van der Waals surface area contributed by atoms with E-state index >= 15 is 0 Å². The fraction of sp³-hybridized carbons (Fsp3) is 0.667. The first kappa shape index (κ1) is 9.43. The maximum atomic E-state index is 10.7. The van der Waals surface area contributed by atoms with Gasteiger partial charge in [0.05, 0.1) is 12.3 Å². The van der Waals surface area contributed by atoms with Gasteiger partial charge in [0.1, 0.15) is 0 Å². The minimum atomic E-state index is -0.967. The maximum absolute atomic E-state index is 10.7. The second-order valence-electron chi connectivity index (χ2n) is 2.10. The van der Waals surface area contributed by atoms with Gasteiger partial charge < -0.3 is 5.11 Å². The van der Waals surface area contributed by atoms with Crippen LogP contribution < -0.4 is 0 Å². The number of carbonyl (C=O) groups is 2. The fourth-order valence-corrected chi connectivity index (χ4v) is 0.771. The lowest BCUT2D eigenvalue weighted by Gasteiger charge is -2.02. The number of carbonyl (C=O) groups excluding carboxylic acids is 1. The van der Waals surface area contributed by atoms with E-state index in [1.54, 1.807) is 6.92 Å². The standard InChI is InChI=1S/C6H9ClO3/c1-4(2-6(9)10)5(8)3-7/h4H,2-3H2,1H3,(H,9,10). The van der Waals surface area contributed by atoms with E-state index in [2.05, 4.69) is 0 Å². The molecule has 0 amide bonds. The van der Waals surface area contributed by atoms with Crippen molar-refractivity contribution < 1.29 is 14.7 Å². The predicted octanol–water partition coefficient (Wildman–Crippen LogP) is 0.905. The molecule has 0 saturated heterocycles. The molecule has 0 aliphatic rings. The van der Waals surface area contributed by atoms with Crippen LogP contribution in [0.4, 0.5) is 0 Å². The second kappa shape index (κ2) is 4.28. The number of rotatable bonds is 4. The van der Waals surface area contributed by atoms with Gasteiger partial charge in [-0.15, -0.1) is 11.6 Å². The summed E-state index contributed by atoms with van der Waals surface area (Å²) in [6.45, 7) is 1.55. The van der Waals surface area contributed by atoms with Gasteiger partial charge in [0.2, 0.25) is 0 Å². The molecule has 0 aromatic rings. The highest BCUT2D eigenvalue weighted by atomic mass is 35.5. The first-order valence-electron chi connectivity index (χ1n) is 2.88. The van der Waals surface area contributed by atoms with Crippen molar-refractivity contribution in [1.82, 2.24) is 0 Å². The van der Waals surface area contributed by atoms with E-state index in [-0.39, 0.29) is 18.1 Å². The van der Waals surface area contributed by atoms with Crippen LogP contribution in [-0.4, -0.2) is 22.7 Å². The van der Waals surface area contributed by atoms with E-state index in [1.807, 2.05) is 0 Å². The highest BCUT2D eigenvalue weighted by molar-refractivity contribution is 6.28. The molecule has 0 heterocycles. The molecule has 3 nitrogen and oxygen atoms in total. The SMILES string of the molecule is CC(CC(=O)O)C(=O)CCl. The Morgan fingerprint density at radius 3 is 2.40 bits per heavy atom. The summed E-state index contributed by atoms with van der Waals surface area (Å²) < 4.78 is 0. The smallest absolute Gasteiger partial charge is 0.304 e. The highest BCUT2D eigenvalue weighted by Gasteiger charge is 2.14. The molecule has 1 atom stereocenters. The largest absolute Gasteiger partial charge is 0.481 e. The molecule has 0 aliphatic carbocycles. The number of ketones is 1. The number of carboxylic acids is 1. The van der Waals surface area contributed by atoms with Crippen LogP contribution in [0, 0.1) is 5.92 Å². The zero-order valence-corrected chi connectivity index (χ0v) is 6.39. The number of hydrogen-bond acceptors (Lipinski definition) is 2. The maximum Gasteiger partial charge on any atom is 0.304 e. The molecular weight excluding hydrogens is 156 g/mol. The van der Waals surface area contributed by atoms with Gasteiger partial charge in [-0.05, 0) is 0 Å². The van der Waals surface area contributed by atoms with Gasteiger partial charge in [-0.3, -0.25) is 9.59 Å². The number of alkyl halides is 1. The third-order valence-corrected chi connectivity index (χ3v) is 1.43. The summed E-state index contributed by atoms with van der Waals surface area (Å²) in [5.74, 6) is -1.75. The molecule has 4 heteroatoms. The lowest BCUT2D eigenvalue weighted by atomic mass is 10.0. The molecule has 58 valence electrons. The van der Waals surface area contributed by atoms with Gasteiger partial charge >= 0.3 is 5.97 Å². The van der Waals surface area contributed by atoms with E-state index in [4.69, 9.17) is 16.7 Å². The van der Waals surface area contributed by atoms with Gasteiger partial charge in [0.25, 0.3) is 0 Å². The molecule has 0 spiro atoms. The summed E-state index contributed by atoms with van der Waals surface area (Å²) in [6.07, 6.45) is -0.133. The van der Waals surface area contributed by atoms with Crippen LogP contribution in [0.3, 0.4) is 0 Å². The number of halogens is 1. The Balaban J connectivity index is 3.72. The highest BCUT2D eigenvalue weighted by Crippen LogP contribution is 2.03. The summed E-state index contributed by atoms with van der Waals surface area (Å²) in [5.41, 5.74) is 0. The van der Waals surface area contributed by atoms with Crippen molar-refractivity contribution >= 4 is 23.4 Å². The summed E-state index contributed by atoms with van der Waals surface area (Å²) in [5, 5.41) is 8.23. The molecule has 0 radical (unpaired) electrons. The van der Waals surface area contributed by atoms with Crippen LogP contribution in [0.15, 0.2) is 0 Å². The van der Waals surface area contributed by atoms with Gasteiger partial charge in [0, 0.05) is 5.92 Å². The predicted molar refractivity (Wildman–Crippen MR) is 37.1 cm³/mol. The topological polar surface area (TPSA) is 54.4 Å². The zero-order valence-electron chi connectivity index (χ0n) is 5.63. The van der Waals surface area contributed by atoms with Crippen molar-refractivity contribution in [3.05, 3.63) is 0 Å². The van der Waals surface area contributed by atoms with Gasteiger partial charge in [0.15, 0.2) is 5.78 Å². The molecule has 0 rings (SSSR count). The molecule has 0 aromatic heterocycles. The summed E-state index contributed by atoms with van der Waals surface area (Å²) in [7, 11) is 0. The van der Waals surface area contributed by atoms with Gasteiger partial charge in [-0.2, -0.15) is 0 Å². The Hall–Kier alpha value is -0.570. The van der Waals surface area contributed by atoms with E-state index in [9.17, 15) is 9.59 Å². The van der Waals surface area contributed by atoms with Crippen molar-refractivity contribution in [2.75, 3.05) is 5.88 Å². The monoisotopic (exact) mass is 164 g/mol. The van der Waals surface area contributed by atoms with Crippen molar-refractivity contribution in [3.8, 4) is 0 Å². The van der Waals surface area contributed by atoms with E-state index < -0.39 is 11.9 Å². The minimum Gasteiger partial charge on any atom is -0.481 e. The lowest BCUT2D eigenvalue weighted by Crippen LogP contribution is -2.15. The molecule has 0 aliphatic heterocycles. The molecule has 0 bridgehead atoms. The lowest BCUT2D eigenvalue weighted by molar-refractivity contribution is -0.140. The van der Waals surface area contributed by atoms with Gasteiger partial charge in [-0.1, -0.05) is 6.92 Å². The van der Waals surface area contributed by atoms with E-state index in [0.29, 0.717) is 0 Å². The Labute approximate surface area is 64.0 Å². The van der Waals surface area contributed by atoms with Crippen LogP contribution in [0.5, 0.6) is 0 Å². The number of carboxylic acid groups (broad SMARTS) is 1. The Morgan fingerprint density at radius 2 is 2.10 bits per heavy atom. The summed E-state index contributed by atoms with van der Waals surface area (Å²) in [6, 6.07) is 0. The minimum absolute atomic E-state index is 0.103. The van der Waals surface area contributed by atoms with Crippen molar-refractivity contribution in [2.24, 2.45) is 5.92 Å². The summed E-state index contributed by atoms with van der Waals surface area (Å²) in [4.78, 5) is 20.7. The van der Waals surface area contributed by atoms with Crippen LogP contribution in [0.1, 0.15) is 13.3 Å². The molecular formula is C6H9ClO3. The summed E-state index contributed by atoms with van der Waals surface area (Å²) >= 11 is 5.19. The number of Topliss-reactive ketones (excluding diaryl/α,β-unsaturated/α-hetero) is 1. The Bertz CT molecular complexity index is 144. The normalized spacial score (nSPS) is 12.6. The molecule has 0 saturated carbocycles. The first-order valence-corrected chi connectivity index (χ1v) is 3.42. The van der Waals surface area contributed by atoms with Crippen LogP contribution in [-0.2, 0) is 9.59 Å². The molecule has 0 fully saturated rings. The van der Waals surface area contributed by atoms with Crippen LogP contribution in [0.2, 0.25) is 0 Å². The van der Waals surface area contributed by atoms with Crippen molar-refractivity contribution in [2.45, 2.75) is 13.3 Å². The average Bonchev–Trinajstić information content (AvgIpc) is 1.85. The van der Waals surface area contributed by atoms with Gasteiger partial charge in [-0.25, -0.2) is 0 Å². The van der Waals surface area contributed by atoms with E-state index in [0.717, 1.165) is 0 Å². The number of hydrogen-bond donors (Lipinski definition) is 1. The quantitative estimate of drug-likeness (QED) is 0.629. The third kappa shape index (κ3) is 3.45. The Kier molecular flexibility index (Phi) is 4.03. The second-order valence-corrected chi connectivity index (χ2v) is 2.37. The van der Waals surface area contributed by atoms with Crippen LogP contribution >= 0.6 is 11.6 Å². The third-order valence-electron chi connectivity index (χ3n) is 1.16. The van der Waals surface area contributed by atoms with Crippen molar-refractivity contribution in [3.63, 3.8) is 0 Å². The number of aliphatic carboxylic acids is 1. The first-order chi connectivity index (χ1) is 4.57. The zero-order chi connectivity index (χ0) is 8.15. The molecule has 1 N–H and O–H groups in total. The van der Waals surface area contributed by atoms with Crippen LogP contribution in [0.25, 0.3) is 0 Å². The van der Waals surface area contributed by atoms with E-state index in [1.165, 1.54) is 0 Å². The van der Waals surface area contributed by atoms with Crippen molar-refractivity contribution in [1.29, 1.82) is 0 Å². The molecule has 1 unspecified atom stereocenters. The fourth-order valence-electron chi connectivity index (χ4n) is 0.507. The molecule has 10 heavy (non-hydrogen) atoms. The Morgan fingerprint density at radius 1 is 1.60 bits per heavy atom. The molecule has 0 aromatic carbocycles.